The molecule has 1 aromatic heterocycles. The number of benzene rings is 2. The molecule has 0 aliphatic carbocycles. The first-order valence-corrected chi connectivity index (χ1v) is 12.9. The van der Waals surface area contributed by atoms with Crippen molar-refractivity contribution in [1.29, 1.82) is 0 Å². The smallest absolute Gasteiger partial charge is 0.255 e. The third kappa shape index (κ3) is 7.32. The number of anilines is 5. The van der Waals surface area contributed by atoms with Crippen LogP contribution in [0, 0.1) is 12.3 Å². The number of amides is 1. The molecule has 1 atom stereocenters. The monoisotopic (exact) mass is 518 g/mol. The molecule has 1 saturated heterocycles. The van der Waals surface area contributed by atoms with Gasteiger partial charge in [0.05, 0.1) is 7.11 Å². The fraction of sp³-hybridized carbons (Fsp3) is 0.429. The van der Waals surface area contributed by atoms with Gasteiger partial charge in [-0.25, -0.2) is 0 Å². The highest BCUT2D eigenvalue weighted by molar-refractivity contribution is 6.05. The van der Waals surface area contributed by atoms with Gasteiger partial charge in [0.2, 0.25) is 17.8 Å². The van der Waals surface area contributed by atoms with Crippen LogP contribution in [-0.2, 0) is 0 Å². The zero-order valence-corrected chi connectivity index (χ0v) is 23.1. The normalized spacial score (nSPS) is 15.2. The van der Waals surface area contributed by atoms with Crippen LogP contribution in [0.3, 0.4) is 0 Å². The van der Waals surface area contributed by atoms with Gasteiger partial charge in [-0.1, -0.05) is 32.9 Å². The molecule has 0 unspecified atom stereocenters. The summed E-state index contributed by atoms with van der Waals surface area (Å²) in [5.41, 5.74) is 2.94. The molecule has 0 radical (unpaired) electrons. The molecule has 4 rings (SSSR count). The van der Waals surface area contributed by atoms with Crippen LogP contribution < -0.4 is 30.9 Å². The molecular weight excluding hydrogens is 480 g/mol. The molecule has 1 fully saturated rings. The number of hydrogen-bond acceptors (Lipinski definition) is 9. The first-order valence-electron chi connectivity index (χ1n) is 12.9. The Morgan fingerprint density at radius 1 is 1.13 bits per heavy atom. The molecule has 1 amide bonds. The predicted molar refractivity (Wildman–Crippen MR) is 153 cm³/mol. The molecule has 0 bridgehead atoms. The maximum Gasteiger partial charge on any atom is 0.255 e. The lowest BCUT2D eigenvalue weighted by atomic mass is 9.96. The third-order valence-corrected chi connectivity index (χ3v) is 6.14. The van der Waals surface area contributed by atoms with Gasteiger partial charge in [-0.05, 0) is 55.1 Å². The van der Waals surface area contributed by atoms with Crippen LogP contribution in [0.4, 0.5) is 29.2 Å². The average Bonchev–Trinajstić information content (AvgIpc) is 3.37. The van der Waals surface area contributed by atoms with Crippen molar-refractivity contribution in [3.8, 4) is 5.75 Å². The van der Waals surface area contributed by atoms with E-state index in [2.05, 4.69) is 47.0 Å². The van der Waals surface area contributed by atoms with Gasteiger partial charge in [0.15, 0.2) is 0 Å². The quantitative estimate of drug-likeness (QED) is 0.326. The molecular formula is C28H38N8O2. The van der Waals surface area contributed by atoms with Crippen LogP contribution in [0.2, 0.25) is 0 Å². The van der Waals surface area contributed by atoms with Gasteiger partial charge >= 0.3 is 0 Å². The van der Waals surface area contributed by atoms with Gasteiger partial charge < -0.3 is 30.9 Å². The summed E-state index contributed by atoms with van der Waals surface area (Å²) in [7, 11) is 3.58. The van der Waals surface area contributed by atoms with E-state index in [4.69, 9.17) is 14.7 Å². The summed E-state index contributed by atoms with van der Waals surface area (Å²) >= 11 is 0. The van der Waals surface area contributed by atoms with Crippen molar-refractivity contribution < 1.29 is 9.53 Å². The Morgan fingerprint density at radius 3 is 2.63 bits per heavy atom. The lowest BCUT2D eigenvalue weighted by Crippen LogP contribution is -2.31. The molecule has 0 spiro atoms. The van der Waals surface area contributed by atoms with E-state index in [0.29, 0.717) is 34.8 Å². The van der Waals surface area contributed by atoms with E-state index in [1.165, 1.54) is 0 Å². The summed E-state index contributed by atoms with van der Waals surface area (Å²) in [4.78, 5) is 29.1. The van der Waals surface area contributed by atoms with Crippen LogP contribution in [0.1, 0.15) is 43.1 Å². The topological polar surface area (TPSA) is 116 Å². The maximum absolute atomic E-state index is 13.0. The van der Waals surface area contributed by atoms with Crippen LogP contribution in [0.5, 0.6) is 5.75 Å². The number of methoxy groups -OCH3 is 1. The number of aryl methyl sites for hydroxylation is 1. The van der Waals surface area contributed by atoms with Gasteiger partial charge in [0.1, 0.15) is 5.75 Å². The van der Waals surface area contributed by atoms with Crippen molar-refractivity contribution in [2.75, 3.05) is 54.6 Å². The lowest BCUT2D eigenvalue weighted by Gasteiger charge is -2.27. The summed E-state index contributed by atoms with van der Waals surface area (Å²) in [6.07, 6.45) is 1.01. The van der Waals surface area contributed by atoms with Gasteiger partial charge in [-0.3, -0.25) is 4.79 Å². The van der Waals surface area contributed by atoms with Gasteiger partial charge in [0.25, 0.3) is 5.91 Å². The Hall–Kier alpha value is -3.92. The molecule has 38 heavy (non-hydrogen) atoms. The molecule has 202 valence electrons. The van der Waals surface area contributed by atoms with Crippen LogP contribution >= 0.6 is 0 Å². The Bertz CT molecular complexity index is 1270. The number of hydrogen-bond donors (Lipinski definition) is 4. The first-order chi connectivity index (χ1) is 18.1. The van der Waals surface area contributed by atoms with Crippen LogP contribution in [0.25, 0.3) is 0 Å². The van der Waals surface area contributed by atoms with Crippen LogP contribution in [-0.4, -0.2) is 60.7 Å². The van der Waals surface area contributed by atoms with Crippen LogP contribution in [0.15, 0.2) is 42.5 Å². The highest BCUT2D eigenvalue weighted by atomic mass is 16.5. The Morgan fingerprint density at radius 2 is 1.92 bits per heavy atom. The molecule has 0 saturated carbocycles. The number of ether oxygens (including phenoxy) is 1. The maximum atomic E-state index is 13.0. The molecule has 1 aliphatic rings. The van der Waals surface area contributed by atoms with E-state index in [1.54, 1.807) is 25.3 Å². The average molecular weight is 519 g/mol. The predicted octanol–water partition coefficient (Wildman–Crippen LogP) is 4.44. The van der Waals surface area contributed by atoms with E-state index in [-0.39, 0.29) is 17.4 Å². The van der Waals surface area contributed by atoms with E-state index in [0.717, 1.165) is 37.3 Å². The number of aromatic nitrogens is 3. The van der Waals surface area contributed by atoms with Gasteiger partial charge in [-0.15, -0.1) is 0 Å². The zero-order valence-electron chi connectivity index (χ0n) is 23.1. The molecule has 2 aromatic carbocycles. The second-order valence-electron chi connectivity index (χ2n) is 10.9. The molecule has 10 nitrogen and oxygen atoms in total. The van der Waals surface area contributed by atoms with E-state index < -0.39 is 0 Å². The number of carbonyl (C=O) groups excluding carboxylic acids is 1. The number of nitrogens with one attached hydrogen (secondary N) is 4. The molecule has 10 heteroatoms. The molecule has 1 aliphatic heterocycles. The summed E-state index contributed by atoms with van der Waals surface area (Å²) in [6.45, 7) is 11.1. The molecule has 3 aromatic rings. The lowest BCUT2D eigenvalue weighted by molar-refractivity contribution is 0.102. The first kappa shape index (κ1) is 27.1. The van der Waals surface area contributed by atoms with Crippen molar-refractivity contribution in [2.45, 2.75) is 40.2 Å². The Balaban J connectivity index is 1.59. The SMILES string of the molecule is COc1cccc(NC(=O)c2ccc(C)c(Nc3nc(N[C@H]4CCNC4)nc(N(C)CC(C)(C)C)n3)c2)c1. The largest absolute Gasteiger partial charge is 0.497 e. The third-order valence-electron chi connectivity index (χ3n) is 6.14. The highest BCUT2D eigenvalue weighted by Crippen LogP contribution is 2.25. The fourth-order valence-electron chi connectivity index (χ4n) is 4.32. The Labute approximate surface area is 224 Å². The number of carbonyl (C=O) groups is 1. The minimum Gasteiger partial charge on any atom is -0.497 e. The second kappa shape index (κ2) is 11.6. The van der Waals surface area contributed by atoms with Crippen molar-refractivity contribution in [2.24, 2.45) is 5.41 Å². The van der Waals surface area contributed by atoms with E-state index >= 15 is 0 Å². The standard InChI is InChI=1S/C28H38N8O2/c1-18-10-11-19(24(37)30-20-8-7-9-22(15-20)38-6)14-23(18)32-26-33-25(31-21-12-13-29-16-21)34-27(35-26)36(5)17-28(2,3)4/h7-11,14-15,21,29H,12-13,16-17H2,1-6H3,(H,30,37)(H2,31,32,33,34,35)/t21-/m0/s1. The highest BCUT2D eigenvalue weighted by Gasteiger charge is 2.20. The number of nitrogens with zero attached hydrogens (tertiary/aromatic N) is 4. The minimum absolute atomic E-state index is 0.0684. The summed E-state index contributed by atoms with van der Waals surface area (Å²) in [6, 6.07) is 13.0. The Kier molecular flexibility index (Phi) is 8.31. The van der Waals surface area contributed by atoms with Crippen molar-refractivity contribution >= 4 is 35.1 Å². The summed E-state index contributed by atoms with van der Waals surface area (Å²) < 4.78 is 5.26. The van der Waals surface area contributed by atoms with E-state index in [1.807, 2.05) is 43.1 Å². The number of rotatable bonds is 9. The second-order valence-corrected chi connectivity index (χ2v) is 10.9. The van der Waals surface area contributed by atoms with Gasteiger partial charge in [-0.2, -0.15) is 15.0 Å². The summed E-state index contributed by atoms with van der Waals surface area (Å²) in [5, 5.41) is 13.1. The zero-order chi connectivity index (χ0) is 27.3. The summed E-state index contributed by atoms with van der Waals surface area (Å²) in [5.74, 6) is 1.97. The fourth-order valence-corrected chi connectivity index (χ4v) is 4.32. The molecule has 4 N–H and O–H groups in total. The minimum atomic E-state index is -0.223. The molecule has 2 heterocycles. The van der Waals surface area contributed by atoms with Gasteiger partial charge in [0, 0.05) is 49.2 Å². The van der Waals surface area contributed by atoms with Crippen molar-refractivity contribution in [1.82, 2.24) is 20.3 Å². The van der Waals surface area contributed by atoms with E-state index in [9.17, 15) is 4.79 Å². The van der Waals surface area contributed by atoms with Crippen molar-refractivity contribution in [3.05, 3.63) is 53.6 Å². The van der Waals surface area contributed by atoms with Crippen molar-refractivity contribution in [3.63, 3.8) is 0 Å².